The average molecular weight is 429 g/mol. The largest absolute Gasteiger partial charge is 0.383 e. The summed E-state index contributed by atoms with van der Waals surface area (Å²) < 4.78 is 0. The number of benzene rings is 2. The van der Waals surface area contributed by atoms with Gasteiger partial charge in [-0.1, -0.05) is 35.3 Å². The highest BCUT2D eigenvalue weighted by Crippen LogP contribution is 2.27. The van der Waals surface area contributed by atoms with E-state index in [0.717, 1.165) is 9.80 Å². The Morgan fingerprint density at radius 3 is 1.56 bits per heavy atom. The zero-order valence-corrected chi connectivity index (χ0v) is 17.3. The quantitative estimate of drug-likeness (QED) is 0.221. The molecule has 0 aliphatic carbocycles. The number of hydrogen-bond acceptors (Lipinski definition) is 6. The second-order valence-electron chi connectivity index (χ2n) is 7.44. The molecule has 32 heavy (non-hydrogen) atoms. The standard InChI is InChI=1S/C24H19N3O5/c1-3-12-32-25-15(2)16(13-26-21(28)17-8-4-5-9-18(17)22(26)29)14-27-23(30)19-10-6-7-11-20(19)24(27)31/h1,4-11,16H,12-14H2,2H3. The molecule has 0 aromatic heterocycles. The van der Waals surface area contributed by atoms with E-state index in [4.69, 9.17) is 11.3 Å². The summed E-state index contributed by atoms with van der Waals surface area (Å²) in [5.41, 5.74) is 1.66. The van der Waals surface area contributed by atoms with Gasteiger partial charge in [0.05, 0.1) is 28.0 Å². The van der Waals surface area contributed by atoms with Crippen molar-refractivity contribution in [3.63, 3.8) is 0 Å². The highest BCUT2D eigenvalue weighted by atomic mass is 16.6. The number of rotatable bonds is 7. The van der Waals surface area contributed by atoms with Gasteiger partial charge in [-0.05, 0) is 31.2 Å². The summed E-state index contributed by atoms with van der Waals surface area (Å²) in [5.74, 6) is -0.0875. The molecule has 0 saturated carbocycles. The maximum absolute atomic E-state index is 12.8. The predicted molar refractivity (Wildman–Crippen MR) is 115 cm³/mol. The summed E-state index contributed by atoms with van der Waals surface area (Å²) in [4.78, 5) is 58.6. The minimum absolute atomic E-state index is 0.0654. The van der Waals surface area contributed by atoms with Gasteiger partial charge in [-0.15, -0.1) is 6.42 Å². The molecule has 0 radical (unpaired) electrons. The van der Waals surface area contributed by atoms with Crippen molar-refractivity contribution in [2.45, 2.75) is 6.92 Å². The van der Waals surface area contributed by atoms with Crippen molar-refractivity contribution < 1.29 is 24.0 Å². The van der Waals surface area contributed by atoms with Crippen molar-refractivity contribution in [1.29, 1.82) is 0 Å². The average Bonchev–Trinajstić information content (AvgIpc) is 3.19. The number of carbonyl (C=O) groups is 4. The molecule has 0 fully saturated rings. The molecule has 0 N–H and O–H groups in total. The first kappa shape index (κ1) is 21.0. The SMILES string of the molecule is C#CCON=C(C)C(CN1C(=O)c2ccccc2C1=O)CN1C(=O)c2ccccc2C1=O. The van der Waals surface area contributed by atoms with Gasteiger partial charge in [0.15, 0.2) is 6.61 Å². The molecule has 0 saturated heterocycles. The van der Waals surface area contributed by atoms with Gasteiger partial charge in [0.2, 0.25) is 0 Å². The van der Waals surface area contributed by atoms with Crippen LogP contribution in [0, 0.1) is 18.3 Å². The molecule has 4 rings (SSSR count). The molecular weight excluding hydrogens is 410 g/mol. The maximum atomic E-state index is 12.8. The Bertz CT molecular complexity index is 1060. The van der Waals surface area contributed by atoms with Crippen LogP contribution < -0.4 is 0 Å². The molecule has 8 heteroatoms. The van der Waals surface area contributed by atoms with Gasteiger partial charge in [-0.3, -0.25) is 29.0 Å². The van der Waals surface area contributed by atoms with Crippen molar-refractivity contribution >= 4 is 29.3 Å². The Hall–Kier alpha value is -4.25. The van der Waals surface area contributed by atoms with Crippen LogP contribution in [0.2, 0.25) is 0 Å². The minimum atomic E-state index is -0.641. The lowest BCUT2D eigenvalue weighted by atomic mass is 10.0. The third-order valence-corrected chi connectivity index (χ3v) is 5.51. The van der Waals surface area contributed by atoms with Gasteiger partial charge in [0.1, 0.15) is 0 Å². The highest BCUT2D eigenvalue weighted by molar-refractivity contribution is 6.22. The summed E-state index contributed by atoms with van der Waals surface area (Å²) >= 11 is 0. The Balaban J connectivity index is 1.61. The third kappa shape index (κ3) is 3.54. The lowest BCUT2D eigenvalue weighted by Gasteiger charge is -2.25. The molecule has 4 amide bonds. The molecule has 0 atom stereocenters. The second kappa shape index (κ2) is 8.47. The fourth-order valence-electron chi connectivity index (χ4n) is 3.82. The molecule has 0 unspecified atom stereocenters. The first-order valence-electron chi connectivity index (χ1n) is 9.94. The van der Waals surface area contributed by atoms with E-state index in [1.165, 1.54) is 0 Å². The monoisotopic (exact) mass is 429 g/mol. The summed E-state index contributed by atoms with van der Waals surface area (Å²) in [5, 5.41) is 3.97. The van der Waals surface area contributed by atoms with Crippen molar-refractivity contribution in [2.24, 2.45) is 11.1 Å². The van der Waals surface area contributed by atoms with Crippen LogP contribution in [-0.2, 0) is 4.84 Å². The van der Waals surface area contributed by atoms with Crippen LogP contribution in [0.25, 0.3) is 0 Å². The van der Waals surface area contributed by atoms with Gasteiger partial charge >= 0.3 is 0 Å². The number of oxime groups is 1. The molecule has 2 aromatic carbocycles. The van der Waals surface area contributed by atoms with Gasteiger partial charge in [0, 0.05) is 19.0 Å². The maximum Gasteiger partial charge on any atom is 0.261 e. The van der Waals surface area contributed by atoms with Crippen LogP contribution in [0.1, 0.15) is 48.4 Å². The normalized spacial score (nSPS) is 15.3. The van der Waals surface area contributed by atoms with Crippen LogP contribution in [0.5, 0.6) is 0 Å². The Morgan fingerprint density at radius 1 is 0.844 bits per heavy atom. The van der Waals surface area contributed by atoms with Crippen molar-refractivity contribution in [3.05, 3.63) is 70.8 Å². The molecule has 0 spiro atoms. The molecule has 160 valence electrons. The topological polar surface area (TPSA) is 96.3 Å². The van der Waals surface area contributed by atoms with E-state index >= 15 is 0 Å². The van der Waals surface area contributed by atoms with E-state index in [1.807, 2.05) is 0 Å². The second-order valence-corrected chi connectivity index (χ2v) is 7.44. The van der Waals surface area contributed by atoms with Gasteiger partial charge < -0.3 is 4.84 Å². The molecule has 0 bridgehead atoms. The summed E-state index contributed by atoms with van der Waals surface area (Å²) in [6, 6.07) is 13.1. The van der Waals surface area contributed by atoms with E-state index in [1.54, 1.807) is 55.5 Å². The first-order chi connectivity index (χ1) is 15.4. The van der Waals surface area contributed by atoms with Crippen LogP contribution in [0.15, 0.2) is 53.7 Å². The Kier molecular flexibility index (Phi) is 5.56. The molecular formula is C24H19N3O5. The molecule has 2 aliphatic heterocycles. The van der Waals surface area contributed by atoms with Gasteiger partial charge in [-0.2, -0.15) is 0 Å². The predicted octanol–water partition coefficient (Wildman–Crippen LogP) is 2.22. The lowest BCUT2D eigenvalue weighted by Crippen LogP contribution is -2.44. The van der Waals surface area contributed by atoms with Crippen LogP contribution in [0.4, 0.5) is 0 Å². The summed E-state index contributed by atoms with van der Waals surface area (Å²) in [7, 11) is 0. The number of fused-ring (bicyclic) bond motifs is 2. The number of hydrogen-bond donors (Lipinski definition) is 0. The molecule has 2 aliphatic rings. The third-order valence-electron chi connectivity index (χ3n) is 5.51. The van der Waals surface area contributed by atoms with Crippen LogP contribution >= 0.6 is 0 Å². The highest BCUT2D eigenvalue weighted by Gasteiger charge is 2.40. The number of nitrogens with zero attached hydrogens (tertiary/aromatic N) is 3. The van der Waals surface area contributed by atoms with Gasteiger partial charge in [0.25, 0.3) is 23.6 Å². The first-order valence-corrected chi connectivity index (χ1v) is 9.94. The van der Waals surface area contributed by atoms with Gasteiger partial charge in [-0.25, -0.2) is 0 Å². The number of amides is 4. The fourth-order valence-corrected chi connectivity index (χ4v) is 3.82. The molecule has 2 aromatic rings. The van der Waals surface area contributed by atoms with Crippen molar-refractivity contribution in [3.8, 4) is 12.3 Å². The van der Waals surface area contributed by atoms with Crippen LogP contribution in [0.3, 0.4) is 0 Å². The van der Waals surface area contributed by atoms with Crippen molar-refractivity contribution in [1.82, 2.24) is 9.80 Å². The number of carbonyl (C=O) groups excluding carboxylic acids is 4. The molecule has 2 heterocycles. The zero-order valence-electron chi connectivity index (χ0n) is 17.3. The minimum Gasteiger partial charge on any atom is -0.383 e. The summed E-state index contributed by atoms with van der Waals surface area (Å²) in [6.45, 7) is 1.42. The number of terminal acetylenes is 1. The van der Waals surface area contributed by atoms with E-state index < -0.39 is 29.5 Å². The Morgan fingerprint density at radius 2 is 1.22 bits per heavy atom. The van der Waals surface area contributed by atoms with E-state index in [2.05, 4.69) is 11.1 Å². The smallest absolute Gasteiger partial charge is 0.261 e. The lowest BCUT2D eigenvalue weighted by molar-refractivity contribution is 0.0603. The zero-order chi connectivity index (χ0) is 22.8. The summed E-state index contributed by atoms with van der Waals surface area (Å²) in [6.07, 6.45) is 5.19. The van der Waals surface area contributed by atoms with E-state index in [9.17, 15) is 19.2 Å². The number of imide groups is 2. The van der Waals surface area contributed by atoms with E-state index in [0.29, 0.717) is 28.0 Å². The van der Waals surface area contributed by atoms with E-state index in [-0.39, 0.29) is 19.7 Å². The van der Waals surface area contributed by atoms with Crippen molar-refractivity contribution in [2.75, 3.05) is 19.7 Å². The fraction of sp³-hybridized carbons (Fsp3) is 0.208. The Labute approximate surface area is 184 Å². The van der Waals surface area contributed by atoms with Crippen LogP contribution in [-0.4, -0.2) is 58.8 Å². The molecule has 8 nitrogen and oxygen atoms in total.